The van der Waals surface area contributed by atoms with Crippen LogP contribution in [0.25, 0.3) is 11.7 Å². The number of carbonyl (C=O) groups is 1. The summed E-state index contributed by atoms with van der Waals surface area (Å²) in [4.78, 5) is 20.5. The van der Waals surface area contributed by atoms with Gasteiger partial charge in [0.15, 0.2) is 5.76 Å². The van der Waals surface area contributed by atoms with Crippen LogP contribution in [0.3, 0.4) is 0 Å². The Morgan fingerprint density at radius 2 is 1.91 bits per heavy atom. The fourth-order valence-electron chi connectivity index (χ4n) is 3.61. The Bertz CT molecular complexity index is 1290. The van der Waals surface area contributed by atoms with Crippen LogP contribution in [0.5, 0.6) is 5.75 Å². The lowest BCUT2D eigenvalue weighted by molar-refractivity contribution is -0.132. The van der Waals surface area contributed by atoms with Gasteiger partial charge in [-0.2, -0.15) is 15.0 Å². The zero-order valence-corrected chi connectivity index (χ0v) is 19.4. The molecule has 0 bridgehead atoms. The predicted molar refractivity (Wildman–Crippen MR) is 120 cm³/mol. The number of hydrogen-bond acceptors (Lipinski definition) is 9. The Balaban J connectivity index is 1.38. The van der Waals surface area contributed by atoms with Gasteiger partial charge in [0.1, 0.15) is 11.8 Å². The summed E-state index contributed by atoms with van der Waals surface area (Å²) in [5.74, 6) is 1.12. The molecule has 3 aromatic rings. The summed E-state index contributed by atoms with van der Waals surface area (Å²) in [5.41, 5.74) is 0.131. The quantitative estimate of drug-likeness (QED) is 0.530. The van der Waals surface area contributed by atoms with Crippen LogP contribution in [0.2, 0.25) is 0 Å². The molecule has 1 aliphatic heterocycles. The second-order valence-corrected chi connectivity index (χ2v) is 9.31. The molecule has 0 unspecified atom stereocenters. The SMILES string of the molecule is COc1ccc(S(=O)(=O)N[C@@H](C)C(=O)N2CCN(c3oc(-c4ccco4)nc3C#N)CC2)cc1. The van der Waals surface area contributed by atoms with Gasteiger partial charge in [0.2, 0.25) is 27.5 Å². The largest absolute Gasteiger partial charge is 0.497 e. The summed E-state index contributed by atoms with van der Waals surface area (Å²) in [6.45, 7) is 2.95. The summed E-state index contributed by atoms with van der Waals surface area (Å²) >= 11 is 0. The van der Waals surface area contributed by atoms with Crippen molar-refractivity contribution in [1.82, 2.24) is 14.6 Å². The van der Waals surface area contributed by atoms with E-state index in [1.54, 1.807) is 17.0 Å². The Hall–Kier alpha value is -3.82. The molecule has 1 atom stereocenters. The van der Waals surface area contributed by atoms with E-state index in [-0.39, 0.29) is 22.4 Å². The summed E-state index contributed by atoms with van der Waals surface area (Å²) in [6.07, 6.45) is 1.49. The molecule has 1 aliphatic rings. The second-order valence-electron chi connectivity index (χ2n) is 7.59. The Labute approximate surface area is 196 Å². The number of methoxy groups -OCH3 is 1. The van der Waals surface area contributed by atoms with E-state index in [4.69, 9.17) is 13.6 Å². The molecule has 4 rings (SSSR count). The molecule has 12 heteroatoms. The van der Waals surface area contributed by atoms with E-state index in [1.165, 1.54) is 44.6 Å². The highest BCUT2D eigenvalue weighted by Crippen LogP contribution is 2.29. The molecule has 0 aliphatic carbocycles. The number of anilines is 1. The predicted octanol–water partition coefficient (Wildman–Crippen LogP) is 1.83. The zero-order valence-electron chi connectivity index (χ0n) is 18.6. The number of ether oxygens (including phenoxy) is 1. The maximum atomic E-state index is 12.9. The van der Waals surface area contributed by atoms with Crippen LogP contribution in [0, 0.1) is 11.3 Å². The minimum atomic E-state index is -3.88. The van der Waals surface area contributed by atoms with Gasteiger partial charge in [-0.1, -0.05) is 0 Å². The van der Waals surface area contributed by atoms with E-state index >= 15 is 0 Å². The highest BCUT2D eigenvalue weighted by molar-refractivity contribution is 7.89. The molecule has 0 spiro atoms. The van der Waals surface area contributed by atoms with Crippen LogP contribution in [-0.4, -0.2) is 63.5 Å². The molecule has 2 aromatic heterocycles. The van der Waals surface area contributed by atoms with E-state index in [0.29, 0.717) is 43.6 Å². The number of nitrogens with zero attached hydrogens (tertiary/aromatic N) is 4. The van der Waals surface area contributed by atoms with Gasteiger partial charge in [-0.25, -0.2) is 8.42 Å². The fourth-order valence-corrected chi connectivity index (χ4v) is 4.81. The van der Waals surface area contributed by atoms with Crippen LogP contribution in [-0.2, 0) is 14.8 Å². The van der Waals surface area contributed by atoms with Crippen LogP contribution in [0.15, 0.2) is 56.4 Å². The number of sulfonamides is 1. The molecule has 178 valence electrons. The van der Waals surface area contributed by atoms with E-state index in [1.807, 2.05) is 11.0 Å². The van der Waals surface area contributed by atoms with Crippen molar-refractivity contribution >= 4 is 21.8 Å². The molecule has 3 heterocycles. The van der Waals surface area contributed by atoms with Crippen molar-refractivity contribution in [3.63, 3.8) is 0 Å². The number of furan rings is 1. The molecule has 34 heavy (non-hydrogen) atoms. The average Bonchev–Trinajstić information content (AvgIpc) is 3.53. The van der Waals surface area contributed by atoms with Crippen molar-refractivity contribution < 1.29 is 26.8 Å². The van der Waals surface area contributed by atoms with Crippen LogP contribution in [0.1, 0.15) is 12.6 Å². The molecule has 11 nitrogen and oxygen atoms in total. The van der Waals surface area contributed by atoms with Crippen molar-refractivity contribution in [1.29, 1.82) is 5.26 Å². The molecule has 0 saturated carbocycles. The van der Waals surface area contributed by atoms with Gasteiger partial charge in [0.25, 0.3) is 5.89 Å². The topological polar surface area (TPSA) is 142 Å². The number of amides is 1. The normalized spacial score (nSPS) is 15.1. The molecular weight excluding hydrogens is 462 g/mol. The van der Waals surface area contributed by atoms with Gasteiger partial charge in [0, 0.05) is 26.2 Å². The number of benzene rings is 1. The first-order chi connectivity index (χ1) is 16.3. The van der Waals surface area contributed by atoms with Gasteiger partial charge in [-0.05, 0) is 43.3 Å². The minimum Gasteiger partial charge on any atom is -0.497 e. The third-order valence-corrected chi connectivity index (χ3v) is 6.95. The number of carbonyl (C=O) groups excluding carboxylic acids is 1. The number of rotatable bonds is 7. The van der Waals surface area contributed by atoms with Crippen molar-refractivity contribution in [3.8, 4) is 23.5 Å². The Kier molecular flexibility index (Phi) is 6.58. The standard InChI is InChI=1S/C22H23N5O6S/c1-15(25-34(29,30)17-7-5-16(31-2)6-8-17)21(28)26-9-11-27(12-10-26)22-18(14-23)24-20(33-22)19-4-3-13-32-19/h3-8,13,15,25H,9-12H2,1-2H3/t15-/m0/s1. The molecular formula is C22H23N5O6S. The number of nitrogens with one attached hydrogen (secondary N) is 1. The monoisotopic (exact) mass is 485 g/mol. The first-order valence-corrected chi connectivity index (χ1v) is 12.0. The third-order valence-electron chi connectivity index (χ3n) is 5.40. The maximum absolute atomic E-state index is 12.9. The Morgan fingerprint density at radius 1 is 1.21 bits per heavy atom. The number of aromatic nitrogens is 1. The highest BCUT2D eigenvalue weighted by Gasteiger charge is 2.30. The summed E-state index contributed by atoms with van der Waals surface area (Å²) in [7, 11) is -2.39. The summed E-state index contributed by atoms with van der Waals surface area (Å²) < 4.78 is 43.8. The molecule has 0 radical (unpaired) electrons. The van der Waals surface area contributed by atoms with E-state index in [9.17, 15) is 18.5 Å². The van der Waals surface area contributed by atoms with Gasteiger partial charge in [-0.15, -0.1) is 0 Å². The molecule has 1 aromatic carbocycles. The van der Waals surface area contributed by atoms with Crippen molar-refractivity contribution in [2.24, 2.45) is 0 Å². The van der Waals surface area contributed by atoms with Crippen LogP contribution < -0.4 is 14.4 Å². The second kappa shape index (κ2) is 9.58. The van der Waals surface area contributed by atoms with Crippen molar-refractivity contribution in [3.05, 3.63) is 48.4 Å². The Morgan fingerprint density at radius 3 is 2.50 bits per heavy atom. The van der Waals surface area contributed by atoms with Crippen molar-refractivity contribution in [2.45, 2.75) is 17.9 Å². The van der Waals surface area contributed by atoms with E-state index < -0.39 is 16.1 Å². The van der Waals surface area contributed by atoms with Gasteiger partial charge >= 0.3 is 0 Å². The fraction of sp³-hybridized carbons (Fsp3) is 0.318. The number of oxazole rings is 1. The van der Waals surface area contributed by atoms with Crippen LogP contribution in [0.4, 0.5) is 5.88 Å². The molecule has 1 fully saturated rings. The average molecular weight is 486 g/mol. The van der Waals surface area contributed by atoms with Crippen molar-refractivity contribution in [2.75, 3.05) is 38.2 Å². The number of hydrogen-bond donors (Lipinski definition) is 1. The minimum absolute atomic E-state index is 0.0412. The molecule has 1 N–H and O–H groups in total. The lowest BCUT2D eigenvalue weighted by atomic mass is 10.2. The zero-order chi connectivity index (χ0) is 24.3. The third kappa shape index (κ3) is 4.75. The van der Waals surface area contributed by atoms with E-state index in [2.05, 4.69) is 9.71 Å². The van der Waals surface area contributed by atoms with Gasteiger partial charge in [-0.3, -0.25) is 4.79 Å². The van der Waals surface area contributed by atoms with Crippen LogP contribution >= 0.6 is 0 Å². The molecule has 1 saturated heterocycles. The number of piperazine rings is 1. The first-order valence-electron chi connectivity index (χ1n) is 10.5. The highest BCUT2D eigenvalue weighted by atomic mass is 32.2. The number of nitriles is 1. The molecule has 1 amide bonds. The lowest BCUT2D eigenvalue weighted by Crippen LogP contribution is -2.54. The van der Waals surface area contributed by atoms with E-state index in [0.717, 1.165) is 0 Å². The first kappa shape index (κ1) is 23.3. The smallest absolute Gasteiger partial charge is 0.266 e. The van der Waals surface area contributed by atoms with Gasteiger partial charge in [0.05, 0.1) is 24.3 Å². The lowest BCUT2D eigenvalue weighted by Gasteiger charge is -2.35. The maximum Gasteiger partial charge on any atom is 0.266 e. The van der Waals surface area contributed by atoms with Gasteiger partial charge < -0.3 is 23.4 Å². The summed E-state index contributed by atoms with van der Waals surface area (Å²) in [5, 5.41) is 9.44. The summed E-state index contributed by atoms with van der Waals surface area (Å²) in [6, 6.07) is 10.4.